The molecule has 7 heteroatoms. The lowest BCUT2D eigenvalue weighted by Crippen LogP contribution is -2.47. The fourth-order valence-electron chi connectivity index (χ4n) is 3.07. The van der Waals surface area contributed by atoms with Gasteiger partial charge in [-0.1, -0.05) is 12.1 Å². The summed E-state index contributed by atoms with van der Waals surface area (Å²) < 4.78 is 19.6. The predicted molar refractivity (Wildman–Crippen MR) is 92.3 cm³/mol. The highest BCUT2D eigenvalue weighted by Crippen LogP contribution is 2.25. The van der Waals surface area contributed by atoms with Gasteiger partial charge in [0.15, 0.2) is 11.6 Å². The van der Waals surface area contributed by atoms with Crippen molar-refractivity contribution in [1.82, 2.24) is 15.0 Å². The minimum absolute atomic E-state index is 0.0416. The molecule has 1 fully saturated rings. The first-order valence-corrected chi connectivity index (χ1v) is 8.61. The van der Waals surface area contributed by atoms with E-state index in [0.29, 0.717) is 36.1 Å². The van der Waals surface area contributed by atoms with E-state index in [0.717, 1.165) is 19.5 Å². The van der Waals surface area contributed by atoms with Gasteiger partial charge in [0.25, 0.3) is 0 Å². The summed E-state index contributed by atoms with van der Waals surface area (Å²) in [6.07, 6.45) is 0.750. The Morgan fingerprint density at radius 1 is 1.32 bits per heavy atom. The van der Waals surface area contributed by atoms with Crippen LogP contribution in [0.4, 0.5) is 10.1 Å². The van der Waals surface area contributed by atoms with Crippen molar-refractivity contribution in [1.29, 1.82) is 0 Å². The van der Waals surface area contributed by atoms with E-state index < -0.39 is 0 Å². The molecule has 1 atom stereocenters. The number of hydrogen-bond acceptors (Lipinski definition) is 6. The number of carbonyl (C=O) groups is 1. The number of rotatable bonds is 5. The molecule has 0 aliphatic carbocycles. The molecule has 2 heterocycles. The smallest absolute Gasteiger partial charge is 0.243 e. The third-order valence-electron chi connectivity index (χ3n) is 4.71. The van der Waals surface area contributed by atoms with Crippen LogP contribution in [0.2, 0.25) is 0 Å². The van der Waals surface area contributed by atoms with Crippen molar-refractivity contribution in [3.63, 3.8) is 0 Å². The lowest BCUT2D eigenvalue weighted by atomic mass is 10.1. The zero-order valence-electron chi connectivity index (χ0n) is 14.8. The molecule has 0 N–H and O–H groups in total. The van der Waals surface area contributed by atoms with Gasteiger partial charge in [-0.25, -0.2) is 4.39 Å². The largest absolute Gasteiger partial charge is 0.367 e. The van der Waals surface area contributed by atoms with Gasteiger partial charge >= 0.3 is 0 Å². The van der Waals surface area contributed by atoms with Crippen LogP contribution in [-0.2, 0) is 6.42 Å². The second-order valence-electron chi connectivity index (χ2n) is 6.32. The molecule has 134 valence electrons. The first-order chi connectivity index (χ1) is 12.0. The summed E-state index contributed by atoms with van der Waals surface area (Å²) in [7, 11) is 0. The SMILES string of the molecule is CCc1noc(C(C)N2CCN(c3ccc(C(C)=O)cc3F)CC2)n1. The Morgan fingerprint density at radius 2 is 2.04 bits per heavy atom. The number of aromatic nitrogens is 2. The number of hydrogen-bond donors (Lipinski definition) is 0. The Balaban J connectivity index is 1.64. The van der Waals surface area contributed by atoms with Crippen LogP contribution >= 0.6 is 0 Å². The van der Waals surface area contributed by atoms with Crippen molar-refractivity contribution in [2.75, 3.05) is 31.1 Å². The van der Waals surface area contributed by atoms with Crippen molar-refractivity contribution in [2.24, 2.45) is 0 Å². The van der Waals surface area contributed by atoms with Gasteiger partial charge in [0.1, 0.15) is 5.82 Å². The van der Waals surface area contributed by atoms with E-state index >= 15 is 0 Å². The molecule has 0 saturated carbocycles. The van der Waals surface area contributed by atoms with Gasteiger partial charge in [-0.2, -0.15) is 4.98 Å². The van der Waals surface area contributed by atoms with Crippen LogP contribution in [0.5, 0.6) is 0 Å². The van der Waals surface area contributed by atoms with Crippen LogP contribution in [0.25, 0.3) is 0 Å². The van der Waals surface area contributed by atoms with E-state index in [4.69, 9.17) is 4.52 Å². The maximum atomic E-state index is 14.3. The number of anilines is 1. The molecule has 0 bridgehead atoms. The van der Waals surface area contributed by atoms with E-state index in [9.17, 15) is 9.18 Å². The first kappa shape index (κ1) is 17.5. The molecule has 0 spiro atoms. The fraction of sp³-hybridized carbons (Fsp3) is 0.500. The first-order valence-electron chi connectivity index (χ1n) is 8.61. The van der Waals surface area contributed by atoms with Crippen molar-refractivity contribution in [3.05, 3.63) is 41.3 Å². The molecule has 1 aromatic carbocycles. The van der Waals surface area contributed by atoms with Crippen LogP contribution in [0, 0.1) is 5.82 Å². The molecule has 2 aromatic rings. The molecule has 0 amide bonds. The van der Waals surface area contributed by atoms with Crippen molar-refractivity contribution in [3.8, 4) is 0 Å². The Kier molecular flexibility index (Phi) is 5.13. The van der Waals surface area contributed by atoms with Gasteiger partial charge in [0.2, 0.25) is 5.89 Å². The van der Waals surface area contributed by atoms with Gasteiger partial charge in [0.05, 0.1) is 11.7 Å². The Labute approximate surface area is 146 Å². The quantitative estimate of drug-likeness (QED) is 0.776. The average Bonchev–Trinajstić information content (AvgIpc) is 3.10. The third kappa shape index (κ3) is 3.71. The monoisotopic (exact) mass is 346 g/mol. The van der Waals surface area contributed by atoms with Gasteiger partial charge < -0.3 is 9.42 Å². The van der Waals surface area contributed by atoms with Crippen LogP contribution in [0.3, 0.4) is 0 Å². The summed E-state index contributed by atoms with van der Waals surface area (Å²) in [5.74, 6) is 0.865. The highest BCUT2D eigenvalue weighted by atomic mass is 19.1. The highest BCUT2D eigenvalue weighted by Gasteiger charge is 2.26. The summed E-state index contributed by atoms with van der Waals surface area (Å²) in [4.78, 5) is 20.0. The second-order valence-corrected chi connectivity index (χ2v) is 6.32. The van der Waals surface area contributed by atoms with Crippen molar-refractivity contribution in [2.45, 2.75) is 33.2 Å². The van der Waals surface area contributed by atoms with Crippen molar-refractivity contribution < 1.29 is 13.7 Å². The molecule has 1 aromatic heterocycles. The van der Waals surface area contributed by atoms with Crippen molar-refractivity contribution >= 4 is 11.5 Å². The molecule has 1 saturated heterocycles. The lowest BCUT2D eigenvalue weighted by Gasteiger charge is -2.38. The number of ketones is 1. The predicted octanol–water partition coefficient (Wildman–Crippen LogP) is 2.86. The molecule has 0 radical (unpaired) electrons. The number of piperazine rings is 1. The minimum Gasteiger partial charge on any atom is -0.367 e. The molecule has 3 rings (SSSR count). The summed E-state index contributed by atoms with van der Waals surface area (Å²) in [5.41, 5.74) is 0.944. The number of benzene rings is 1. The molecular formula is C18H23FN4O2. The molecule has 6 nitrogen and oxygen atoms in total. The number of aryl methyl sites for hydroxylation is 1. The molecule has 25 heavy (non-hydrogen) atoms. The number of Topliss-reactive ketones (excluding diaryl/α,β-unsaturated/α-hetero) is 1. The number of halogens is 1. The van der Waals surface area contributed by atoms with E-state index in [1.54, 1.807) is 12.1 Å². The number of carbonyl (C=O) groups excluding carboxylic acids is 1. The van der Waals surface area contributed by atoms with E-state index in [-0.39, 0.29) is 17.6 Å². The Hall–Kier alpha value is -2.28. The molecule has 1 aliphatic rings. The summed E-state index contributed by atoms with van der Waals surface area (Å²) in [5, 5.41) is 3.95. The molecular weight excluding hydrogens is 323 g/mol. The summed E-state index contributed by atoms with van der Waals surface area (Å²) >= 11 is 0. The minimum atomic E-state index is -0.348. The maximum absolute atomic E-state index is 14.3. The van der Waals surface area contributed by atoms with E-state index in [1.807, 2.05) is 18.7 Å². The maximum Gasteiger partial charge on any atom is 0.243 e. The summed E-state index contributed by atoms with van der Waals surface area (Å²) in [6.45, 7) is 8.44. The number of nitrogens with zero attached hydrogens (tertiary/aromatic N) is 4. The third-order valence-corrected chi connectivity index (χ3v) is 4.71. The highest BCUT2D eigenvalue weighted by molar-refractivity contribution is 5.94. The van der Waals surface area contributed by atoms with Gasteiger partial charge in [-0.3, -0.25) is 9.69 Å². The van der Waals surface area contributed by atoms with Crippen LogP contribution in [0.1, 0.15) is 48.9 Å². The van der Waals surface area contributed by atoms with Crippen LogP contribution < -0.4 is 4.90 Å². The van der Waals surface area contributed by atoms with Crippen LogP contribution in [0.15, 0.2) is 22.7 Å². The fourth-order valence-corrected chi connectivity index (χ4v) is 3.07. The van der Waals surface area contributed by atoms with E-state index in [2.05, 4.69) is 15.0 Å². The van der Waals surface area contributed by atoms with Gasteiger partial charge in [-0.05, 0) is 32.0 Å². The second kappa shape index (κ2) is 7.31. The zero-order valence-corrected chi connectivity index (χ0v) is 14.8. The van der Waals surface area contributed by atoms with Gasteiger partial charge in [-0.15, -0.1) is 0 Å². The molecule has 1 aliphatic heterocycles. The Morgan fingerprint density at radius 3 is 2.60 bits per heavy atom. The van der Waals surface area contributed by atoms with Crippen LogP contribution in [-0.4, -0.2) is 47.0 Å². The average molecular weight is 346 g/mol. The molecule has 1 unspecified atom stereocenters. The topological polar surface area (TPSA) is 62.5 Å². The lowest BCUT2D eigenvalue weighted by molar-refractivity contribution is 0.101. The zero-order chi connectivity index (χ0) is 18.0. The standard InChI is InChI=1S/C18H23FN4O2/c1-4-17-20-18(25-21-17)12(2)22-7-9-23(10-8-22)16-6-5-14(13(3)24)11-15(16)19/h5-6,11-12H,4,7-10H2,1-3H3. The van der Waals surface area contributed by atoms with E-state index in [1.165, 1.54) is 13.0 Å². The van der Waals surface area contributed by atoms with Gasteiger partial charge in [0, 0.05) is 38.2 Å². The normalized spacial score (nSPS) is 16.9. The Bertz CT molecular complexity index is 753. The summed E-state index contributed by atoms with van der Waals surface area (Å²) in [6, 6.07) is 4.73.